The van der Waals surface area contributed by atoms with E-state index < -0.39 is 5.97 Å². The number of ether oxygens (including phenoxy) is 3. The Morgan fingerprint density at radius 1 is 1.14 bits per heavy atom. The van der Waals surface area contributed by atoms with Crippen LogP contribution in [-0.2, 0) is 11.3 Å². The number of thiazole rings is 1. The Hall–Kier alpha value is -3.13. The van der Waals surface area contributed by atoms with Gasteiger partial charge in [0.1, 0.15) is 17.3 Å². The van der Waals surface area contributed by atoms with E-state index in [1.807, 2.05) is 23.6 Å². The number of H-pyrrole nitrogens is 1. The quantitative estimate of drug-likeness (QED) is 0.457. The smallest absolute Gasteiger partial charge is 0.355 e. The molecular weight excluding hydrogens is 392 g/mol. The van der Waals surface area contributed by atoms with Crippen molar-refractivity contribution in [2.45, 2.75) is 27.4 Å². The second kappa shape index (κ2) is 8.48. The Balaban J connectivity index is 1.72. The number of aryl methyl sites for hydroxylation is 1. The zero-order valence-corrected chi connectivity index (χ0v) is 17.7. The van der Waals surface area contributed by atoms with Crippen LogP contribution < -0.4 is 9.47 Å². The maximum atomic E-state index is 12.4. The number of Topliss-reactive ketones (excluding diaryl/α,β-unsaturated/α-hetero) is 1. The highest BCUT2D eigenvalue weighted by molar-refractivity contribution is 7.13. The number of rotatable bonds is 7. The van der Waals surface area contributed by atoms with Crippen LogP contribution in [0.2, 0.25) is 0 Å². The lowest BCUT2D eigenvalue weighted by Crippen LogP contribution is -2.08. The molecule has 0 aliphatic carbocycles. The zero-order chi connectivity index (χ0) is 21.1. The van der Waals surface area contributed by atoms with E-state index >= 15 is 0 Å². The Morgan fingerprint density at radius 3 is 2.48 bits per heavy atom. The van der Waals surface area contributed by atoms with Gasteiger partial charge in [0.25, 0.3) is 0 Å². The molecule has 29 heavy (non-hydrogen) atoms. The van der Waals surface area contributed by atoms with Crippen LogP contribution >= 0.6 is 11.3 Å². The molecule has 8 heteroatoms. The Labute approximate surface area is 172 Å². The van der Waals surface area contributed by atoms with Gasteiger partial charge in [0.2, 0.25) is 0 Å². The molecular formula is C21H22N2O5S. The summed E-state index contributed by atoms with van der Waals surface area (Å²) in [4.78, 5) is 31.6. The number of aromatic nitrogens is 2. The number of hydrogen-bond acceptors (Lipinski definition) is 7. The molecule has 0 atom stereocenters. The van der Waals surface area contributed by atoms with Crippen LogP contribution in [0.1, 0.15) is 44.7 Å². The highest BCUT2D eigenvalue weighted by atomic mass is 32.1. The van der Waals surface area contributed by atoms with Crippen LogP contribution in [0.15, 0.2) is 23.6 Å². The highest BCUT2D eigenvalue weighted by Crippen LogP contribution is 2.33. The van der Waals surface area contributed by atoms with Crippen LogP contribution in [0.4, 0.5) is 0 Å². The summed E-state index contributed by atoms with van der Waals surface area (Å²) in [6.07, 6.45) is 0. The number of nitrogens with zero attached hydrogens (tertiary/aromatic N) is 1. The van der Waals surface area contributed by atoms with Crippen molar-refractivity contribution in [3.8, 4) is 22.1 Å². The lowest BCUT2D eigenvalue weighted by molar-refractivity contribution is 0.0461. The van der Waals surface area contributed by atoms with Crippen molar-refractivity contribution in [3.63, 3.8) is 0 Å². The number of carbonyl (C=O) groups excluding carboxylic acids is 2. The van der Waals surface area contributed by atoms with E-state index in [1.54, 1.807) is 28.1 Å². The van der Waals surface area contributed by atoms with Crippen molar-refractivity contribution in [1.82, 2.24) is 9.97 Å². The maximum absolute atomic E-state index is 12.4. The summed E-state index contributed by atoms with van der Waals surface area (Å²) in [7, 11) is 3.16. The van der Waals surface area contributed by atoms with Gasteiger partial charge in [0.15, 0.2) is 17.3 Å². The molecule has 2 aromatic heterocycles. The molecule has 0 saturated heterocycles. The van der Waals surface area contributed by atoms with Gasteiger partial charge in [-0.15, -0.1) is 11.3 Å². The normalized spacial score (nSPS) is 10.7. The second-order valence-corrected chi connectivity index (χ2v) is 7.33. The van der Waals surface area contributed by atoms with Crippen molar-refractivity contribution < 1.29 is 23.8 Å². The van der Waals surface area contributed by atoms with E-state index in [4.69, 9.17) is 14.2 Å². The number of hydrogen-bond donors (Lipinski definition) is 1. The van der Waals surface area contributed by atoms with Gasteiger partial charge in [-0.3, -0.25) is 4.79 Å². The molecule has 0 saturated carbocycles. The summed E-state index contributed by atoms with van der Waals surface area (Å²) in [6.45, 7) is 5.00. The Kier molecular flexibility index (Phi) is 6.03. The minimum atomic E-state index is -0.515. The molecule has 2 heterocycles. The third-order valence-corrected chi connectivity index (χ3v) is 5.47. The molecule has 1 aromatic carbocycles. The second-order valence-electron chi connectivity index (χ2n) is 6.47. The summed E-state index contributed by atoms with van der Waals surface area (Å²) >= 11 is 1.45. The number of ketones is 1. The van der Waals surface area contributed by atoms with Gasteiger partial charge in [-0.25, -0.2) is 9.78 Å². The summed E-state index contributed by atoms with van der Waals surface area (Å²) in [5.74, 6) is 0.656. The predicted octanol–water partition coefficient (Wildman–Crippen LogP) is 4.33. The molecule has 152 valence electrons. The van der Waals surface area contributed by atoms with Crippen molar-refractivity contribution in [2.24, 2.45) is 0 Å². The third-order valence-electron chi connectivity index (χ3n) is 4.53. The van der Waals surface area contributed by atoms with Gasteiger partial charge in [-0.2, -0.15) is 0 Å². The average Bonchev–Trinajstić information content (AvgIpc) is 3.29. The first-order valence-corrected chi connectivity index (χ1v) is 9.77. The van der Waals surface area contributed by atoms with E-state index in [9.17, 15) is 9.59 Å². The van der Waals surface area contributed by atoms with Crippen LogP contribution in [0, 0.1) is 13.8 Å². The minimum Gasteiger partial charge on any atom is -0.493 e. The molecule has 3 aromatic rings. The molecule has 0 radical (unpaired) electrons. The third kappa shape index (κ3) is 4.17. The lowest BCUT2D eigenvalue weighted by atomic mass is 10.1. The Morgan fingerprint density at radius 2 is 1.86 bits per heavy atom. The molecule has 0 aliphatic heterocycles. The summed E-state index contributed by atoms with van der Waals surface area (Å²) in [5, 5.41) is 2.62. The van der Waals surface area contributed by atoms with Crippen molar-refractivity contribution in [2.75, 3.05) is 14.2 Å². The van der Waals surface area contributed by atoms with Crippen LogP contribution in [0.3, 0.4) is 0 Å². The number of carbonyl (C=O) groups is 2. The van der Waals surface area contributed by atoms with Gasteiger partial charge in [-0.05, 0) is 44.5 Å². The summed E-state index contributed by atoms with van der Waals surface area (Å²) < 4.78 is 16.0. The fraction of sp³-hybridized carbons (Fsp3) is 0.286. The number of esters is 1. The molecule has 3 rings (SSSR count). The molecule has 0 spiro atoms. The van der Waals surface area contributed by atoms with Gasteiger partial charge < -0.3 is 19.2 Å². The first-order valence-electron chi connectivity index (χ1n) is 8.89. The molecule has 1 N–H and O–H groups in total. The largest absolute Gasteiger partial charge is 0.493 e. The van der Waals surface area contributed by atoms with Crippen molar-refractivity contribution in [1.29, 1.82) is 0 Å². The van der Waals surface area contributed by atoms with E-state index in [0.717, 1.165) is 10.6 Å². The molecule has 0 aliphatic rings. The van der Waals surface area contributed by atoms with Gasteiger partial charge in [-0.1, -0.05) is 0 Å². The maximum Gasteiger partial charge on any atom is 0.355 e. The average molecular weight is 414 g/mol. The first kappa shape index (κ1) is 20.6. The molecule has 7 nitrogen and oxygen atoms in total. The standard InChI is InChI=1S/C21H22N2O5S/c1-11-18(13(3)24)12(2)22-19(11)21(25)28-9-15-10-29-20(23-15)14-6-7-16(26-4)17(8-14)27-5/h6-8,10,22H,9H2,1-5H3. The highest BCUT2D eigenvalue weighted by Gasteiger charge is 2.21. The SMILES string of the molecule is COc1ccc(-c2nc(COC(=O)c3[nH]c(C)c(C(C)=O)c3C)cs2)cc1OC. The van der Waals surface area contributed by atoms with Crippen LogP contribution in [-0.4, -0.2) is 35.9 Å². The number of nitrogens with one attached hydrogen (secondary N) is 1. The fourth-order valence-corrected chi connectivity index (χ4v) is 3.97. The van der Waals surface area contributed by atoms with Crippen LogP contribution in [0.5, 0.6) is 11.5 Å². The van der Waals surface area contributed by atoms with Gasteiger partial charge >= 0.3 is 5.97 Å². The van der Waals surface area contributed by atoms with Gasteiger partial charge in [0.05, 0.1) is 19.9 Å². The first-order chi connectivity index (χ1) is 13.8. The minimum absolute atomic E-state index is 0.0372. The summed E-state index contributed by atoms with van der Waals surface area (Å²) in [5.41, 5.74) is 3.60. The van der Waals surface area contributed by atoms with E-state index in [1.165, 1.54) is 18.3 Å². The predicted molar refractivity (Wildman–Crippen MR) is 110 cm³/mol. The topological polar surface area (TPSA) is 90.5 Å². The molecule has 0 unspecified atom stereocenters. The number of methoxy groups -OCH3 is 2. The van der Waals surface area contributed by atoms with Gasteiger partial charge in [0, 0.05) is 22.2 Å². The molecule has 0 fully saturated rings. The lowest BCUT2D eigenvalue weighted by Gasteiger charge is -2.08. The fourth-order valence-electron chi connectivity index (χ4n) is 3.17. The summed E-state index contributed by atoms with van der Waals surface area (Å²) in [6, 6.07) is 5.56. The molecule has 0 bridgehead atoms. The monoisotopic (exact) mass is 414 g/mol. The number of aromatic amines is 1. The van der Waals surface area contributed by atoms with Crippen molar-refractivity contribution >= 4 is 23.1 Å². The molecule has 0 amide bonds. The Bertz CT molecular complexity index is 1070. The van der Waals surface area contributed by atoms with Crippen LogP contribution in [0.25, 0.3) is 10.6 Å². The van der Waals surface area contributed by atoms with E-state index in [-0.39, 0.29) is 12.4 Å². The van der Waals surface area contributed by atoms with Crippen molar-refractivity contribution in [3.05, 3.63) is 51.8 Å². The van der Waals surface area contributed by atoms with E-state index in [0.29, 0.717) is 39.7 Å². The number of benzene rings is 1. The zero-order valence-electron chi connectivity index (χ0n) is 16.9. The van der Waals surface area contributed by atoms with E-state index in [2.05, 4.69) is 9.97 Å².